The second-order valence-electron chi connectivity index (χ2n) is 7.77. The molecule has 1 aromatic carbocycles. The van der Waals surface area contributed by atoms with Crippen LogP contribution >= 0.6 is 0 Å². The monoisotopic (exact) mass is 387 g/mol. The van der Waals surface area contributed by atoms with Crippen LogP contribution in [0.1, 0.15) is 38.3 Å². The van der Waals surface area contributed by atoms with Crippen molar-refractivity contribution in [3.63, 3.8) is 0 Å². The highest BCUT2D eigenvalue weighted by Gasteiger charge is 2.23. The zero-order valence-corrected chi connectivity index (χ0v) is 17.6. The summed E-state index contributed by atoms with van der Waals surface area (Å²) in [5.74, 6) is 0.919. The zero-order valence-electron chi connectivity index (χ0n) is 17.6. The zero-order chi connectivity index (χ0) is 19.6. The molecule has 6 heteroatoms. The van der Waals surface area contributed by atoms with Crippen molar-refractivity contribution in [1.82, 2.24) is 20.4 Å². The Morgan fingerprint density at radius 2 is 1.75 bits per heavy atom. The average Bonchev–Trinajstić information content (AvgIpc) is 3.28. The van der Waals surface area contributed by atoms with E-state index in [1.165, 1.54) is 31.5 Å². The van der Waals surface area contributed by atoms with E-state index in [4.69, 9.17) is 9.73 Å². The molecule has 0 saturated carbocycles. The first-order chi connectivity index (χ1) is 13.8. The van der Waals surface area contributed by atoms with E-state index < -0.39 is 0 Å². The predicted octanol–water partition coefficient (Wildman–Crippen LogP) is 2.10. The Labute approximate surface area is 170 Å². The minimum atomic E-state index is 0.393. The van der Waals surface area contributed by atoms with Gasteiger partial charge in [-0.25, -0.2) is 0 Å². The van der Waals surface area contributed by atoms with E-state index in [2.05, 4.69) is 64.6 Å². The van der Waals surface area contributed by atoms with Crippen molar-refractivity contribution >= 4 is 5.96 Å². The molecule has 2 N–H and O–H groups in total. The summed E-state index contributed by atoms with van der Waals surface area (Å²) < 4.78 is 5.46. The highest BCUT2D eigenvalue weighted by atomic mass is 16.5. The number of nitrogens with zero attached hydrogens (tertiary/aromatic N) is 3. The predicted molar refractivity (Wildman–Crippen MR) is 116 cm³/mol. The van der Waals surface area contributed by atoms with Crippen LogP contribution in [0, 0.1) is 0 Å². The number of guanidine groups is 1. The Morgan fingerprint density at radius 3 is 2.43 bits per heavy atom. The van der Waals surface area contributed by atoms with Crippen LogP contribution in [-0.2, 0) is 4.74 Å². The number of aliphatic imine (C=N–C) groups is 1. The van der Waals surface area contributed by atoms with Gasteiger partial charge in [-0.3, -0.25) is 14.8 Å². The molecule has 3 rings (SSSR count). The molecule has 2 aliphatic rings. The molecule has 1 aromatic rings. The highest BCUT2D eigenvalue weighted by Crippen LogP contribution is 2.24. The molecule has 2 saturated heterocycles. The summed E-state index contributed by atoms with van der Waals surface area (Å²) in [5, 5.41) is 7.02. The number of ether oxygens (including phenoxy) is 1. The van der Waals surface area contributed by atoms with Crippen molar-refractivity contribution in [3.8, 4) is 0 Å². The molecule has 0 aromatic heterocycles. The Bertz CT molecular complexity index is 582. The second-order valence-corrected chi connectivity index (χ2v) is 7.77. The Morgan fingerprint density at radius 1 is 1.04 bits per heavy atom. The number of hydrogen-bond donors (Lipinski definition) is 2. The smallest absolute Gasteiger partial charge is 0.191 e. The fourth-order valence-electron chi connectivity index (χ4n) is 4.08. The van der Waals surface area contributed by atoms with Gasteiger partial charge in [-0.05, 0) is 45.3 Å². The summed E-state index contributed by atoms with van der Waals surface area (Å²) in [5.41, 5.74) is 1.38. The molecule has 28 heavy (non-hydrogen) atoms. The minimum Gasteiger partial charge on any atom is -0.379 e. The van der Waals surface area contributed by atoms with Crippen LogP contribution in [0.4, 0.5) is 0 Å². The topological polar surface area (TPSA) is 52.1 Å². The van der Waals surface area contributed by atoms with Crippen LogP contribution in [0.2, 0.25) is 0 Å². The third-order valence-electron chi connectivity index (χ3n) is 5.76. The van der Waals surface area contributed by atoms with Gasteiger partial charge in [0, 0.05) is 32.2 Å². The van der Waals surface area contributed by atoms with Gasteiger partial charge in [0.1, 0.15) is 0 Å². The Kier molecular flexibility index (Phi) is 8.58. The van der Waals surface area contributed by atoms with E-state index in [1.807, 2.05) is 0 Å². The molecule has 2 atom stereocenters. The summed E-state index contributed by atoms with van der Waals surface area (Å²) in [6.45, 7) is 13.0. The molecule has 2 unspecified atom stereocenters. The number of benzene rings is 1. The van der Waals surface area contributed by atoms with E-state index >= 15 is 0 Å². The van der Waals surface area contributed by atoms with Crippen molar-refractivity contribution in [3.05, 3.63) is 35.9 Å². The first kappa shape index (κ1) is 21.1. The van der Waals surface area contributed by atoms with Gasteiger partial charge in [-0.1, -0.05) is 30.3 Å². The molecule has 0 radical (unpaired) electrons. The number of morpholine rings is 1. The molecular weight excluding hydrogens is 350 g/mol. The van der Waals surface area contributed by atoms with Crippen molar-refractivity contribution in [2.75, 3.05) is 59.0 Å². The maximum absolute atomic E-state index is 5.46. The van der Waals surface area contributed by atoms with Crippen LogP contribution in [0.3, 0.4) is 0 Å². The van der Waals surface area contributed by atoms with E-state index in [-0.39, 0.29) is 0 Å². The lowest BCUT2D eigenvalue weighted by Crippen LogP contribution is -2.45. The lowest BCUT2D eigenvalue weighted by Gasteiger charge is -2.31. The van der Waals surface area contributed by atoms with Gasteiger partial charge in [0.05, 0.1) is 25.8 Å². The number of rotatable bonds is 8. The van der Waals surface area contributed by atoms with Gasteiger partial charge < -0.3 is 15.4 Å². The van der Waals surface area contributed by atoms with Crippen LogP contribution in [0.15, 0.2) is 35.3 Å². The third kappa shape index (κ3) is 6.19. The molecule has 0 spiro atoms. The molecule has 6 nitrogen and oxygen atoms in total. The normalized spacial score (nSPS) is 21.4. The van der Waals surface area contributed by atoms with Gasteiger partial charge in [0.25, 0.3) is 0 Å². The van der Waals surface area contributed by atoms with Crippen molar-refractivity contribution in [2.45, 2.75) is 38.8 Å². The minimum absolute atomic E-state index is 0.393. The molecular formula is C22H37N5O. The van der Waals surface area contributed by atoms with Crippen LogP contribution in [0.25, 0.3) is 0 Å². The third-order valence-corrected chi connectivity index (χ3v) is 5.76. The van der Waals surface area contributed by atoms with Crippen molar-refractivity contribution in [2.24, 2.45) is 4.99 Å². The first-order valence-electron chi connectivity index (χ1n) is 10.9. The largest absolute Gasteiger partial charge is 0.379 e. The van der Waals surface area contributed by atoms with Gasteiger partial charge in [-0.2, -0.15) is 0 Å². The second kappa shape index (κ2) is 11.4. The molecule has 2 heterocycles. The maximum Gasteiger partial charge on any atom is 0.191 e. The van der Waals surface area contributed by atoms with E-state index in [1.54, 1.807) is 0 Å². The van der Waals surface area contributed by atoms with Gasteiger partial charge in [0.2, 0.25) is 0 Å². The summed E-state index contributed by atoms with van der Waals surface area (Å²) in [6, 6.07) is 11.7. The summed E-state index contributed by atoms with van der Waals surface area (Å²) in [4.78, 5) is 9.94. The summed E-state index contributed by atoms with van der Waals surface area (Å²) in [7, 11) is 0. The van der Waals surface area contributed by atoms with E-state index in [9.17, 15) is 0 Å². The fourth-order valence-corrected chi connectivity index (χ4v) is 4.08. The molecule has 0 aliphatic carbocycles. The molecule has 0 bridgehead atoms. The molecule has 2 fully saturated rings. The fraction of sp³-hybridized carbons (Fsp3) is 0.682. The molecule has 156 valence electrons. The molecule has 2 aliphatic heterocycles. The van der Waals surface area contributed by atoms with Crippen LogP contribution in [0.5, 0.6) is 0 Å². The average molecular weight is 388 g/mol. The van der Waals surface area contributed by atoms with Crippen molar-refractivity contribution in [1.29, 1.82) is 0 Å². The van der Waals surface area contributed by atoms with Crippen LogP contribution in [-0.4, -0.2) is 80.8 Å². The number of hydrogen-bond acceptors (Lipinski definition) is 4. The first-order valence-corrected chi connectivity index (χ1v) is 10.9. The number of likely N-dealkylation sites (tertiary alicyclic amines) is 1. The lowest BCUT2D eigenvalue weighted by atomic mass is 10.1. The van der Waals surface area contributed by atoms with E-state index in [0.29, 0.717) is 12.1 Å². The van der Waals surface area contributed by atoms with Crippen LogP contribution < -0.4 is 10.6 Å². The summed E-state index contributed by atoms with van der Waals surface area (Å²) in [6.07, 6.45) is 2.60. The summed E-state index contributed by atoms with van der Waals surface area (Å²) >= 11 is 0. The highest BCUT2D eigenvalue weighted by molar-refractivity contribution is 5.79. The molecule has 0 amide bonds. The quantitative estimate of drug-likeness (QED) is 0.528. The van der Waals surface area contributed by atoms with Gasteiger partial charge in [-0.15, -0.1) is 0 Å². The Balaban J connectivity index is 1.59. The van der Waals surface area contributed by atoms with Gasteiger partial charge >= 0.3 is 0 Å². The van der Waals surface area contributed by atoms with Crippen molar-refractivity contribution < 1.29 is 4.74 Å². The SMILES string of the molecule is CCNC(=NCC(C)N1CCOCC1)NCC(c1ccccc1)N1CCCC1. The Hall–Kier alpha value is -1.63. The van der Waals surface area contributed by atoms with Gasteiger partial charge in [0.15, 0.2) is 5.96 Å². The lowest BCUT2D eigenvalue weighted by molar-refractivity contribution is 0.0220. The van der Waals surface area contributed by atoms with E-state index in [0.717, 1.165) is 51.9 Å². The maximum atomic E-state index is 5.46. The standard InChI is InChI=1S/C22H37N5O/c1-3-23-22(24-17-19(2)26-13-15-28-16-14-26)25-18-21(27-11-7-8-12-27)20-9-5-4-6-10-20/h4-6,9-10,19,21H,3,7-8,11-18H2,1-2H3,(H2,23,24,25). The number of nitrogens with one attached hydrogen (secondary N) is 2.